The maximum Gasteiger partial charge on any atom is 0.231 e. The lowest BCUT2D eigenvalue weighted by molar-refractivity contribution is 0.372. The summed E-state index contributed by atoms with van der Waals surface area (Å²) in [5, 5.41) is 11.5. The summed E-state index contributed by atoms with van der Waals surface area (Å²) in [6, 6.07) is 2.11. The third kappa shape index (κ3) is 1.93. The first-order chi connectivity index (χ1) is 7.43. The van der Waals surface area contributed by atoms with Gasteiger partial charge in [-0.2, -0.15) is 10.2 Å². The van der Waals surface area contributed by atoms with Gasteiger partial charge in [0.2, 0.25) is 5.89 Å². The van der Waals surface area contributed by atoms with E-state index in [0.717, 1.165) is 6.26 Å². The van der Waals surface area contributed by atoms with Gasteiger partial charge in [0.25, 0.3) is 0 Å². The zero-order chi connectivity index (χ0) is 11.9. The summed E-state index contributed by atoms with van der Waals surface area (Å²) >= 11 is 0. The van der Waals surface area contributed by atoms with E-state index in [4.69, 9.17) is 9.78 Å². The van der Waals surface area contributed by atoms with Gasteiger partial charge in [0.1, 0.15) is 5.25 Å². The van der Waals surface area contributed by atoms with E-state index in [2.05, 4.69) is 16.2 Å². The van der Waals surface area contributed by atoms with Crippen molar-refractivity contribution in [3.8, 4) is 6.07 Å². The molecule has 0 aliphatic heterocycles. The van der Waals surface area contributed by atoms with Crippen LogP contribution in [0.2, 0.25) is 0 Å². The third-order valence-corrected chi connectivity index (χ3v) is 4.23. The highest BCUT2D eigenvalue weighted by atomic mass is 32.2. The van der Waals surface area contributed by atoms with Gasteiger partial charge < -0.3 is 4.52 Å². The van der Waals surface area contributed by atoms with Crippen LogP contribution in [0.25, 0.3) is 0 Å². The topological polar surface area (TPSA) is 96.8 Å². The van der Waals surface area contributed by atoms with E-state index in [9.17, 15) is 8.42 Å². The monoisotopic (exact) mass is 241 g/mol. The molecule has 7 heteroatoms. The van der Waals surface area contributed by atoms with Crippen LogP contribution in [0, 0.1) is 17.2 Å². The standard InChI is InChI=1S/C9H11N3O3S/c1-5(16(2,13)14)8-11-9(15-12-8)7-3-6(7)4-10/h5-7H,3H2,1-2H3. The minimum atomic E-state index is -3.22. The van der Waals surface area contributed by atoms with Gasteiger partial charge >= 0.3 is 0 Å². The molecule has 0 bridgehead atoms. The molecule has 0 saturated heterocycles. The summed E-state index contributed by atoms with van der Waals surface area (Å²) < 4.78 is 27.5. The molecule has 6 nitrogen and oxygen atoms in total. The van der Waals surface area contributed by atoms with Gasteiger partial charge in [-0.3, -0.25) is 0 Å². The second-order valence-electron chi connectivity index (χ2n) is 4.04. The van der Waals surface area contributed by atoms with Crippen LogP contribution >= 0.6 is 0 Å². The lowest BCUT2D eigenvalue weighted by Crippen LogP contribution is -2.09. The SMILES string of the molecule is CC(c1noc(C2CC2C#N)n1)S(C)(=O)=O. The molecule has 0 amide bonds. The van der Waals surface area contributed by atoms with Crippen LogP contribution in [-0.4, -0.2) is 24.8 Å². The fourth-order valence-corrected chi connectivity index (χ4v) is 1.84. The van der Waals surface area contributed by atoms with Crippen molar-refractivity contribution in [2.75, 3.05) is 6.26 Å². The third-order valence-electron chi connectivity index (χ3n) is 2.74. The maximum absolute atomic E-state index is 11.3. The van der Waals surface area contributed by atoms with Gasteiger partial charge in [0, 0.05) is 6.26 Å². The van der Waals surface area contributed by atoms with Crippen molar-refractivity contribution in [3.05, 3.63) is 11.7 Å². The summed E-state index contributed by atoms with van der Waals surface area (Å²) in [5.41, 5.74) is 0. The summed E-state index contributed by atoms with van der Waals surface area (Å²) in [7, 11) is -3.22. The first-order valence-corrected chi connectivity index (χ1v) is 6.81. The number of hydrogen-bond donors (Lipinski definition) is 0. The van der Waals surface area contributed by atoms with Crippen molar-refractivity contribution in [1.29, 1.82) is 5.26 Å². The van der Waals surface area contributed by atoms with Crippen LogP contribution in [0.3, 0.4) is 0 Å². The predicted molar refractivity (Wildman–Crippen MR) is 54.0 cm³/mol. The molecular formula is C9H11N3O3S. The van der Waals surface area contributed by atoms with Gasteiger partial charge in [-0.1, -0.05) is 5.16 Å². The molecule has 16 heavy (non-hydrogen) atoms. The van der Waals surface area contributed by atoms with E-state index in [-0.39, 0.29) is 17.7 Å². The predicted octanol–water partition coefficient (Wildman–Crippen LogP) is 0.802. The second kappa shape index (κ2) is 3.56. The number of rotatable bonds is 3. The van der Waals surface area contributed by atoms with Gasteiger partial charge in [-0.15, -0.1) is 0 Å². The Hall–Kier alpha value is -1.42. The van der Waals surface area contributed by atoms with E-state index in [1.807, 2.05) is 0 Å². The molecule has 0 aromatic carbocycles. The molecule has 86 valence electrons. The molecule has 1 aromatic heterocycles. The lowest BCUT2D eigenvalue weighted by atomic mass is 10.3. The molecule has 1 aromatic rings. The molecule has 3 atom stereocenters. The minimum Gasteiger partial charge on any atom is -0.339 e. The molecule has 0 spiro atoms. The van der Waals surface area contributed by atoms with Crippen molar-refractivity contribution in [2.24, 2.45) is 5.92 Å². The number of sulfone groups is 1. The Balaban J connectivity index is 2.19. The van der Waals surface area contributed by atoms with Crippen LogP contribution in [0.5, 0.6) is 0 Å². The summed E-state index contributed by atoms with van der Waals surface area (Å²) in [5.74, 6) is 0.456. The van der Waals surface area contributed by atoms with Gasteiger partial charge in [-0.25, -0.2) is 8.42 Å². The Kier molecular flexibility index (Phi) is 2.46. The molecule has 1 heterocycles. The number of hydrogen-bond acceptors (Lipinski definition) is 6. The minimum absolute atomic E-state index is 0.0157. The van der Waals surface area contributed by atoms with E-state index < -0.39 is 15.1 Å². The number of nitrogens with zero attached hydrogens (tertiary/aromatic N) is 3. The fraction of sp³-hybridized carbons (Fsp3) is 0.667. The van der Waals surface area contributed by atoms with Gasteiger partial charge in [-0.05, 0) is 13.3 Å². The Morgan fingerprint density at radius 1 is 1.62 bits per heavy atom. The summed E-state index contributed by atoms with van der Waals surface area (Å²) in [6.45, 7) is 1.51. The van der Waals surface area contributed by atoms with Gasteiger partial charge in [0.05, 0.1) is 17.9 Å². The van der Waals surface area contributed by atoms with Crippen LogP contribution in [0.1, 0.15) is 36.2 Å². The number of nitriles is 1. The molecule has 1 fully saturated rings. The molecule has 2 rings (SSSR count). The fourth-order valence-electron chi connectivity index (χ4n) is 1.37. The van der Waals surface area contributed by atoms with E-state index in [1.165, 1.54) is 6.92 Å². The van der Waals surface area contributed by atoms with E-state index in [1.54, 1.807) is 0 Å². The van der Waals surface area contributed by atoms with Crippen molar-refractivity contribution in [2.45, 2.75) is 24.5 Å². The summed E-state index contributed by atoms with van der Waals surface area (Å²) in [4.78, 5) is 4.03. The summed E-state index contributed by atoms with van der Waals surface area (Å²) in [6.07, 6.45) is 1.84. The number of aromatic nitrogens is 2. The first-order valence-electron chi connectivity index (χ1n) is 4.85. The van der Waals surface area contributed by atoms with Crippen molar-refractivity contribution in [1.82, 2.24) is 10.1 Å². The van der Waals surface area contributed by atoms with Gasteiger partial charge in [0.15, 0.2) is 15.7 Å². The van der Waals surface area contributed by atoms with E-state index >= 15 is 0 Å². The molecule has 3 unspecified atom stereocenters. The molecule has 1 aliphatic rings. The second-order valence-corrected chi connectivity index (χ2v) is 6.41. The average molecular weight is 241 g/mol. The molecule has 0 radical (unpaired) electrons. The largest absolute Gasteiger partial charge is 0.339 e. The van der Waals surface area contributed by atoms with Crippen molar-refractivity contribution in [3.63, 3.8) is 0 Å². The van der Waals surface area contributed by atoms with Crippen molar-refractivity contribution < 1.29 is 12.9 Å². The lowest BCUT2D eigenvalue weighted by Gasteiger charge is -2.01. The Labute approximate surface area is 93.2 Å². The van der Waals surface area contributed by atoms with Crippen LogP contribution in [0.4, 0.5) is 0 Å². The highest BCUT2D eigenvalue weighted by Gasteiger charge is 2.43. The Morgan fingerprint density at radius 3 is 2.81 bits per heavy atom. The highest BCUT2D eigenvalue weighted by Crippen LogP contribution is 2.46. The van der Waals surface area contributed by atoms with Crippen molar-refractivity contribution >= 4 is 9.84 Å². The average Bonchev–Trinajstić information content (AvgIpc) is 2.84. The van der Waals surface area contributed by atoms with Crippen LogP contribution in [0.15, 0.2) is 4.52 Å². The zero-order valence-electron chi connectivity index (χ0n) is 8.91. The van der Waals surface area contributed by atoms with Crippen LogP contribution < -0.4 is 0 Å². The van der Waals surface area contributed by atoms with Crippen LogP contribution in [-0.2, 0) is 9.84 Å². The normalized spacial score (nSPS) is 26.1. The quantitative estimate of drug-likeness (QED) is 0.776. The Bertz CT molecular complexity index is 543. The first kappa shape index (κ1) is 11.1. The zero-order valence-corrected chi connectivity index (χ0v) is 9.73. The Morgan fingerprint density at radius 2 is 2.31 bits per heavy atom. The molecule has 1 saturated carbocycles. The molecule has 0 N–H and O–H groups in total. The van der Waals surface area contributed by atoms with E-state index in [0.29, 0.717) is 12.3 Å². The maximum atomic E-state index is 11.3. The molecule has 1 aliphatic carbocycles. The highest BCUT2D eigenvalue weighted by molar-refractivity contribution is 7.90. The molecular weight excluding hydrogens is 230 g/mol. The smallest absolute Gasteiger partial charge is 0.231 e.